The minimum atomic E-state index is -0.997. The van der Waals surface area contributed by atoms with E-state index >= 15 is 0 Å². The number of aliphatic carboxylic acids is 1. The second kappa shape index (κ2) is 6.77. The third-order valence-electron chi connectivity index (χ3n) is 3.79. The third-order valence-corrected chi connectivity index (χ3v) is 3.79. The van der Waals surface area contributed by atoms with Crippen molar-refractivity contribution < 1.29 is 19.8 Å². The quantitative estimate of drug-likeness (QED) is 0.753. The molecule has 0 saturated carbocycles. The first kappa shape index (κ1) is 16.5. The summed E-state index contributed by atoms with van der Waals surface area (Å²) in [6, 6.07) is -1.16. The molecule has 0 radical (unpaired) electrons. The summed E-state index contributed by atoms with van der Waals surface area (Å²) < 4.78 is 0. The zero-order valence-corrected chi connectivity index (χ0v) is 12.7. The summed E-state index contributed by atoms with van der Waals surface area (Å²) in [5.41, 5.74) is 0.589. The predicted molar refractivity (Wildman–Crippen MR) is 76.4 cm³/mol. The lowest BCUT2D eigenvalue weighted by Gasteiger charge is -2.32. The number of aliphatic hydroxyl groups is 1. The summed E-state index contributed by atoms with van der Waals surface area (Å²) in [7, 11) is 0. The summed E-state index contributed by atoms with van der Waals surface area (Å²) >= 11 is 0. The van der Waals surface area contributed by atoms with Gasteiger partial charge in [-0.05, 0) is 31.3 Å². The number of hydrogen-bond acceptors (Lipinski definition) is 3. The number of carbonyl (C=O) groups is 2. The smallest absolute Gasteiger partial charge is 0.326 e. The van der Waals surface area contributed by atoms with E-state index in [1.165, 1.54) is 4.90 Å². The van der Waals surface area contributed by atoms with Crippen molar-refractivity contribution in [2.75, 3.05) is 0 Å². The Morgan fingerprint density at radius 1 is 1.40 bits per heavy atom. The molecule has 0 aromatic carbocycles. The van der Waals surface area contributed by atoms with Gasteiger partial charge in [0.15, 0.2) is 5.76 Å². The van der Waals surface area contributed by atoms with Crippen LogP contribution in [-0.4, -0.2) is 39.1 Å². The Hall–Kier alpha value is -1.52. The first-order chi connectivity index (χ1) is 9.31. The molecule has 0 fully saturated rings. The van der Waals surface area contributed by atoms with Gasteiger partial charge in [-0.2, -0.15) is 0 Å². The number of carboxylic acid groups (broad SMARTS) is 1. The minimum Gasteiger partial charge on any atom is -0.503 e. The fourth-order valence-electron chi connectivity index (χ4n) is 2.67. The molecule has 1 amide bonds. The van der Waals surface area contributed by atoms with Crippen molar-refractivity contribution in [2.24, 2.45) is 5.92 Å². The second-order valence-electron chi connectivity index (χ2n) is 5.89. The lowest BCUT2D eigenvalue weighted by Crippen LogP contribution is -2.48. The van der Waals surface area contributed by atoms with E-state index in [9.17, 15) is 19.8 Å². The van der Waals surface area contributed by atoms with E-state index in [1.54, 1.807) is 6.92 Å². The summed E-state index contributed by atoms with van der Waals surface area (Å²) in [4.78, 5) is 25.0. The van der Waals surface area contributed by atoms with Crippen LogP contribution in [0.4, 0.5) is 0 Å². The maximum atomic E-state index is 12.2. The van der Waals surface area contributed by atoms with Gasteiger partial charge in [0.25, 0.3) is 5.91 Å². The van der Waals surface area contributed by atoms with E-state index in [0.29, 0.717) is 24.3 Å². The van der Waals surface area contributed by atoms with Crippen LogP contribution in [0.2, 0.25) is 0 Å². The Balaban J connectivity index is 3.04. The number of carbonyl (C=O) groups excluding carboxylic acids is 1. The number of unbranched alkanes of at least 4 members (excludes halogenated alkanes) is 1. The molecule has 0 aliphatic carbocycles. The van der Waals surface area contributed by atoms with Crippen molar-refractivity contribution in [1.82, 2.24) is 4.90 Å². The molecule has 0 aromatic heterocycles. The van der Waals surface area contributed by atoms with Crippen LogP contribution in [0.15, 0.2) is 11.3 Å². The predicted octanol–water partition coefficient (Wildman–Crippen LogP) is 2.72. The van der Waals surface area contributed by atoms with Crippen LogP contribution in [0, 0.1) is 5.92 Å². The van der Waals surface area contributed by atoms with E-state index in [1.807, 2.05) is 20.8 Å². The van der Waals surface area contributed by atoms with Gasteiger partial charge in [0.1, 0.15) is 6.04 Å². The average molecular weight is 283 g/mol. The largest absolute Gasteiger partial charge is 0.503 e. The monoisotopic (exact) mass is 283 g/mol. The standard InChI is InChI=1S/C15H25NO4/c1-5-6-7-11(15(19)20)16-12(8-9(2)3)10(4)13(17)14(16)18/h9,11-12,17H,5-8H2,1-4H3,(H,19,20). The zero-order valence-electron chi connectivity index (χ0n) is 12.7. The molecule has 1 aliphatic rings. The van der Waals surface area contributed by atoms with E-state index in [4.69, 9.17) is 0 Å². The summed E-state index contributed by atoms with van der Waals surface area (Å²) in [6.45, 7) is 7.73. The average Bonchev–Trinajstić information content (AvgIpc) is 2.56. The number of carboxylic acids is 1. The summed E-state index contributed by atoms with van der Waals surface area (Å²) in [6.07, 6.45) is 2.71. The van der Waals surface area contributed by atoms with Crippen molar-refractivity contribution in [3.8, 4) is 0 Å². The summed E-state index contributed by atoms with van der Waals surface area (Å²) in [5.74, 6) is -1.50. The zero-order chi connectivity index (χ0) is 15.4. The van der Waals surface area contributed by atoms with Gasteiger partial charge >= 0.3 is 5.97 Å². The normalized spacial score (nSPS) is 20.9. The van der Waals surface area contributed by atoms with Crippen molar-refractivity contribution >= 4 is 11.9 Å². The van der Waals surface area contributed by atoms with Gasteiger partial charge in [0, 0.05) is 0 Å². The Bertz CT molecular complexity index is 414. The highest BCUT2D eigenvalue weighted by Crippen LogP contribution is 2.32. The fourth-order valence-corrected chi connectivity index (χ4v) is 2.67. The minimum absolute atomic E-state index is 0.279. The molecule has 20 heavy (non-hydrogen) atoms. The van der Waals surface area contributed by atoms with Crippen molar-refractivity contribution in [3.63, 3.8) is 0 Å². The molecule has 0 spiro atoms. The molecule has 1 rings (SSSR count). The van der Waals surface area contributed by atoms with Crippen molar-refractivity contribution in [1.29, 1.82) is 0 Å². The summed E-state index contributed by atoms with van der Waals surface area (Å²) in [5, 5.41) is 19.3. The molecular formula is C15H25NO4. The molecule has 2 atom stereocenters. The van der Waals surface area contributed by atoms with Crippen molar-refractivity contribution in [3.05, 3.63) is 11.3 Å². The molecule has 5 heteroatoms. The molecule has 1 heterocycles. The van der Waals surface area contributed by atoms with E-state index in [-0.39, 0.29) is 11.8 Å². The van der Waals surface area contributed by atoms with Gasteiger partial charge in [-0.3, -0.25) is 4.79 Å². The van der Waals surface area contributed by atoms with Crippen LogP contribution in [0.5, 0.6) is 0 Å². The Labute approximate surface area is 120 Å². The molecule has 0 saturated heterocycles. The van der Waals surface area contributed by atoms with Gasteiger partial charge in [0.05, 0.1) is 6.04 Å². The first-order valence-corrected chi connectivity index (χ1v) is 7.26. The van der Waals surface area contributed by atoms with Gasteiger partial charge in [-0.15, -0.1) is 0 Å². The number of amides is 1. The molecule has 5 nitrogen and oxygen atoms in total. The van der Waals surface area contributed by atoms with E-state index in [0.717, 1.165) is 12.8 Å². The van der Waals surface area contributed by atoms with Crippen LogP contribution in [0.25, 0.3) is 0 Å². The van der Waals surface area contributed by atoms with Gasteiger partial charge in [0.2, 0.25) is 0 Å². The molecule has 1 aliphatic heterocycles. The maximum Gasteiger partial charge on any atom is 0.326 e. The van der Waals surface area contributed by atoms with Crippen LogP contribution in [-0.2, 0) is 9.59 Å². The number of rotatable bonds is 7. The van der Waals surface area contributed by atoms with E-state index in [2.05, 4.69) is 0 Å². The lowest BCUT2D eigenvalue weighted by molar-refractivity contribution is -0.150. The SMILES string of the molecule is CCCCC(C(=O)O)N1C(=O)C(O)=C(C)C1CC(C)C. The molecule has 2 unspecified atom stereocenters. The highest BCUT2D eigenvalue weighted by atomic mass is 16.4. The van der Waals surface area contributed by atoms with Crippen molar-refractivity contribution in [2.45, 2.75) is 65.5 Å². The van der Waals surface area contributed by atoms with Crippen LogP contribution in [0.1, 0.15) is 53.4 Å². The van der Waals surface area contributed by atoms with Crippen LogP contribution in [0.3, 0.4) is 0 Å². The maximum absolute atomic E-state index is 12.2. The molecular weight excluding hydrogens is 258 g/mol. The Morgan fingerprint density at radius 3 is 2.45 bits per heavy atom. The number of hydrogen-bond donors (Lipinski definition) is 2. The second-order valence-corrected chi connectivity index (χ2v) is 5.89. The van der Waals surface area contributed by atoms with Crippen LogP contribution < -0.4 is 0 Å². The van der Waals surface area contributed by atoms with E-state index < -0.39 is 17.9 Å². The highest BCUT2D eigenvalue weighted by Gasteiger charge is 2.43. The third kappa shape index (κ3) is 3.32. The van der Waals surface area contributed by atoms with Gasteiger partial charge < -0.3 is 15.1 Å². The Kier molecular flexibility index (Phi) is 5.60. The fraction of sp³-hybridized carbons (Fsp3) is 0.733. The topological polar surface area (TPSA) is 77.8 Å². The van der Waals surface area contributed by atoms with Crippen LogP contribution >= 0.6 is 0 Å². The lowest BCUT2D eigenvalue weighted by atomic mass is 9.96. The molecule has 0 bridgehead atoms. The van der Waals surface area contributed by atoms with Gasteiger partial charge in [-0.1, -0.05) is 33.6 Å². The number of nitrogens with zero attached hydrogens (tertiary/aromatic N) is 1. The first-order valence-electron chi connectivity index (χ1n) is 7.26. The molecule has 0 aromatic rings. The highest BCUT2D eigenvalue weighted by molar-refractivity contribution is 5.97. The van der Waals surface area contributed by atoms with Gasteiger partial charge in [-0.25, -0.2) is 4.79 Å². The Morgan fingerprint density at radius 2 is 2.00 bits per heavy atom. The molecule has 2 N–H and O–H groups in total. The number of aliphatic hydroxyl groups excluding tert-OH is 1. The molecule has 114 valence electrons.